The van der Waals surface area contributed by atoms with Crippen LogP contribution in [0.1, 0.15) is 43.0 Å². The molecule has 1 aromatic carbocycles. The third kappa shape index (κ3) is 5.22. The van der Waals surface area contributed by atoms with E-state index in [0.717, 1.165) is 24.8 Å². The Balaban J connectivity index is 1.56. The van der Waals surface area contributed by atoms with Crippen LogP contribution >= 0.6 is 12.6 Å². The molecular weight excluding hydrogens is 419 g/mol. The van der Waals surface area contributed by atoms with Gasteiger partial charge in [-0.1, -0.05) is 18.2 Å². The van der Waals surface area contributed by atoms with Crippen molar-refractivity contribution >= 4 is 30.5 Å². The zero-order chi connectivity index (χ0) is 22.0. The normalized spacial score (nSPS) is 21.9. The molecule has 2 heterocycles. The number of Topliss-reactive ketones (excluding diaryl/α,β-unsaturated/α-hetero) is 1. The Bertz CT molecular complexity index is 1000. The van der Waals surface area contributed by atoms with Crippen molar-refractivity contribution in [3.05, 3.63) is 53.1 Å². The average molecular weight is 445 g/mol. The molecule has 1 saturated heterocycles. The standard InChI is InChI=1S/C22H25FN4O3S/c23-18-4-2-1-3-17(18)21(22(30)14-5-6-14)26-9-7-19(31)15(13-26)11-16-12-24-27(25-16)10-8-20(28)29/h1-4,11-12,14,19,21,31H,5-10,13H2,(H,28,29). The SMILES string of the molecule is O=C(O)CCn1ncc(C=C2CN(C(C(=O)C3CC3)c3ccccc3F)CCC2S)n1. The van der Waals surface area contributed by atoms with Crippen LogP contribution in [0.2, 0.25) is 0 Å². The highest BCUT2D eigenvalue weighted by molar-refractivity contribution is 7.81. The van der Waals surface area contributed by atoms with E-state index < -0.39 is 12.0 Å². The molecule has 7 nitrogen and oxygen atoms in total. The van der Waals surface area contributed by atoms with Crippen LogP contribution in [0.4, 0.5) is 4.39 Å². The highest BCUT2D eigenvalue weighted by Gasteiger charge is 2.40. The van der Waals surface area contributed by atoms with Gasteiger partial charge in [0.25, 0.3) is 0 Å². The molecule has 9 heteroatoms. The molecule has 1 saturated carbocycles. The first kappa shape index (κ1) is 21.7. The summed E-state index contributed by atoms with van der Waals surface area (Å²) < 4.78 is 14.6. The van der Waals surface area contributed by atoms with Gasteiger partial charge in [0.1, 0.15) is 11.5 Å². The lowest BCUT2D eigenvalue weighted by Crippen LogP contribution is -2.42. The zero-order valence-electron chi connectivity index (χ0n) is 17.0. The number of rotatable bonds is 8. The molecule has 4 rings (SSSR count). The summed E-state index contributed by atoms with van der Waals surface area (Å²) in [5, 5.41) is 17.2. The summed E-state index contributed by atoms with van der Waals surface area (Å²) in [7, 11) is 0. The summed E-state index contributed by atoms with van der Waals surface area (Å²) in [6.07, 6.45) is 5.88. The number of carbonyl (C=O) groups excluding carboxylic acids is 1. The number of carboxylic acids is 1. The molecule has 2 atom stereocenters. The van der Waals surface area contributed by atoms with Crippen molar-refractivity contribution in [2.45, 2.75) is 43.5 Å². The molecule has 164 valence electrons. The monoisotopic (exact) mass is 444 g/mol. The van der Waals surface area contributed by atoms with Gasteiger partial charge >= 0.3 is 5.97 Å². The van der Waals surface area contributed by atoms with Gasteiger partial charge in [0.15, 0.2) is 5.78 Å². The van der Waals surface area contributed by atoms with Gasteiger partial charge in [-0.2, -0.15) is 27.6 Å². The number of aromatic nitrogens is 3. The summed E-state index contributed by atoms with van der Waals surface area (Å²) in [6, 6.07) is 5.90. The molecule has 2 aromatic rings. The second kappa shape index (κ2) is 9.32. The van der Waals surface area contributed by atoms with Crippen LogP contribution < -0.4 is 0 Å². The number of ketones is 1. The van der Waals surface area contributed by atoms with E-state index in [4.69, 9.17) is 17.7 Å². The molecular formula is C22H25FN4O3S. The minimum absolute atomic E-state index is 0.00211. The van der Waals surface area contributed by atoms with Crippen molar-refractivity contribution in [2.75, 3.05) is 13.1 Å². The second-order valence-corrected chi connectivity index (χ2v) is 8.73. The number of carbonyl (C=O) groups is 2. The molecule has 0 bridgehead atoms. The molecule has 31 heavy (non-hydrogen) atoms. The van der Waals surface area contributed by atoms with Crippen molar-refractivity contribution in [1.82, 2.24) is 19.9 Å². The Morgan fingerprint density at radius 2 is 2.06 bits per heavy atom. The Morgan fingerprint density at radius 1 is 1.29 bits per heavy atom. The summed E-state index contributed by atoms with van der Waals surface area (Å²) in [5.41, 5.74) is 2.01. The van der Waals surface area contributed by atoms with E-state index in [2.05, 4.69) is 10.2 Å². The number of hydrogen-bond donors (Lipinski definition) is 2. The van der Waals surface area contributed by atoms with Crippen molar-refractivity contribution in [3.63, 3.8) is 0 Å². The number of likely N-dealkylation sites (tertiary alicyclic amines) is 1. The fourth-order valence-corrected chi connectivity index (χ4v) is 4.21. The van der Waals surface area contributed by atoms with Gasteiger partial charge < -0.3 is 5.11 Å². The van der Waals surface area contributed by atoms with Crippen molar-refractivity contribution in [1.29, 1.82) is 0 Å². The largest absolute Gasteiger partial charge is 0.481 e. The van der Waals surface area contributed by atoms with Crippen LogP contribution in [0, 0.1) is 11.7 Å². The number of nitrogens with zero attached hydrogens (tertiary/aromatic N) is 4. The van der Waals surface area contributed by atoms with E-state index in [9.17, 15) is 14.0 Å². The van der Waals surface area contributed by atoms with E-state index in [1.165, 1.54) is 10.9 Å². The maximum atomic E-state index is 14.6. The molecule has 1 aliphatic heterocycles. The smallest absolute Gasteiger partial charge is 0.305 e. The van der Waals surface area contributed by atoms with E-state index >= 15 is 0 Å². The maximum Gasteiger partial charge on any atom is 0.305 e. The number of aliphatic carboxylic acids is 1. The van der Waals surface area contributed by atoms with Gasteiger partial charge in [0.2, 0.25) is 0 Å². The molecule has 0 radical (unpaired) electrons. The van der Waals surface area contributed by atoms with Crippen molar-refractivity contribution in [3.8, 4) is 0 Å². The van der Waals surface area contributed by atoms with Crippen LogP contribution in [0.15, 0.2) is 36.0 Å². The van der Waals surface area contributed by atoms with Crippen LogP contribution in [0.3, 0.4) is 0 Å². The Hall–Kier alpha value is -2.52. The zero-order valence-corrected chi connectivity index (χ0v) is 17.9. The van der Waals surface area contributed by atoms with E-state index in [1.807, 2.05) is 11.0 Å². The van der Waals surface area contributed by atoms with Gasteiger partial charge in [0, 0.05) is 29.8 Å². The first-order chi connectivity index (χ1) is 14.9. The van der Waals surface area contributed by atoms with E-state index in [0.29, 0.717) is 24.3 Å². The molecule has 2 unspecified atom stereocenters. The lowest BCUT2D eigenvalue weighted by atomic mass is 9.93. The molecule has 0 amide bonds. The number of hydrogen-bond acceptors (Lipinski definition) is 6. The first-order valence-electron chi connectivity index (χ1n) is 10.4. The quantitative estimate of drug-likeness (QED) is 0.609. The summed E-state index contributed by atoms with van der Waals surface area (Å²) in [5.74, 6) is -1.17. The predicted molar refractivity (Wildman–Crippen MR) is 116 cm³/mol. The Morgan fingerprint density at radius 3 is 2.77 bits per heavy atom. The first-order valence-corrected chi connectivity index (χ1v) is 11.0. The van der Waals surface area contributed by atoms with Crippen molar-refractivity contribution < 1.29 is 19.1 Å². The number of benzene rings is 1. The van der Waals surface area contributed by atoms with Crippen LogP contribution in [0.25, 0.3) is 6.08 Å². The summed E-state index contributed by atoms with van der Waals surface area (Å²) >= 11 is 4.70. The molecule has 1 N–H and O–H groups in total. The fraction of sp³-hybridized carbons (Fsp3) is 0.455. The average Bonchev–Trinajstić information content (AvgIpc) is 3.50. The molecule has 0 spiro atoms. The Labute approximate surface area is 185 Å². The second-order valence-electron chi connectivity index (χ2n) is 8.10. The van der Waals surface area contributed by atoms with Crippen LogP contribution in [-0.2, 0) is 16.1 Å². The van der Waals surface area contributed by atoms with Gasteiger partial charge in [-0.25, -0.2) is 4.39 Å². The van der Waals surface area contributed by atoms with Gasteiger partial charge in [-0.3, -0.25) is 14.5 Å². The van der Waals surface area contributed by atoms with Gasteiger partial charge in [-0.05, 0) is 37.0 Å². The highest BCUT2D eigenvalue weighted by Crippen LogP contribution is 2.39. The third-order valence-electron chi connectivity index (χ3n) is 5.73. The third-order valence-corrected chi connectivity index (χ3v) is 6.32. The minimum atomic E-state index is -0.907. The summed E-state index contributed by atoms with van der Waals surface area (Å²) in [6.45, 7) is 1.32. The van der Waals surface area contributed by atoms with E-state index in [1.54, 1.807) is 24.4 Å². The maximum absolute atomic E-state index is 14.6. The van der Waals surface area contributed by atoms with E-state index in [-0.39, 0.29) is 35.7 Å². The number of piperidine rings is 1. The number of halogens is 1. The van der Waals surface area contributed by atoms with Gasteiger partial charge in [-0.15, -0.1) is 0 Å². The van der Waals surface area contributed by atoms with Crippen LogP contribution in [-0.4, -0.2) is 55.1 Å². The lowest BCUT2D eigenvalue weighted by Gasteiger charge is -2.37. The fourth-order valence-electron chi connectivity index (χ4n) is 3.94. The number of carboxylic acid groups (broad SMARTS) is 1. The molecule has 2 aliphatic rings. The number of aryl methyl sites for hydroxylation is 1. The molecule has 1 aromatic heterocycles. The Kier molecular flexibility index (Phi) is 6.52. The number of thiol groups is 1. The van der Waals surface area contributed by atoms with Crippen molar-refractivity contribution in [2.24, 2.45) is 5.92 Å². The van der Waals surface area contributed by atoms with Gasteiger partial charge in [0.05, 0.1) is 25.2 Å². The molecule has 1 aliphatic carbocycles. The minimum Gasteiger partial charge on any atom is -0.481 e. The van der Waals surface area contributed by atoms with Crippen LogP contribution in [0.5, 0.6) is 0 Å². The molecule has 2 fully saturated rings. The topological polar surface area (TPSA) is 88.3 Å². The lowest BCUT2D eigenvalue weighted by molar-refractivity contribution is -0.137. The predicted octanol–water partition coefficient (Wildman–Crippen LogP) is 3.00. The summed E-state index contributed by atoms with van der Waals surface area (Å²) in [4.78, 5) is 27.2. The highest BCUT2D eigenvalue weighted by atomic mass is 32.1.